The molecule has 4 rings (SSSR count). The minimum Gasteiger partial charge on any atom is -0.365 e. The molecule has 1 saturated carbocycles. The smallest absolute Gasteiger partial charge is 0.265 e. The third-order valence-corrected chi connectivity index (χ3v) is 6.56. The minimum atomic E-state index is -0.732. The van der Waals surface area contributed by atoms with Crippen LogP contribution >= 0.6 is 0 Å². The molecule has 8 heteroatoms. The van der Waals surface area contributed by atoms with Crippen molar-refractivity contribution in [3.63, 3.8) is 0 Å². The van der Waals surface area contributed by atoms with E-state index in [0.29, 0.717) is 5.69 Å². The maximum absolute atomic E-state index is 15.3. The molecule has 1 amide bonds. The quantitative estimate of drug-likeness (QED) is 0.511. The van der Waals surface area contributed by atoms with Gasteiger partial charge >= 0.3 is 0 Å². The van der Waals surface area contributed by atoms with E-state index in [-0.39, 0.29) is 33.8 Å². The van der Waals surface area contributed by atoms with Crippen molar-refractivity contribution in [2.45, 2.75) is 37.8 Å². The molecule has 7 nitrogen and oxygen atoms in total. The molecule has 2 atom stereocenters. The van der Waals surface area contributed by atoms with Gasteiger partial charge in [-0.2, -0.15) is 9.37 Å². The number of anilines is 2. The van der Waals surface area contributed by atoms with Gasteiger partial charge < -0.3 is 16.4 Å². The molecule has 2 aromatic heterocycles. The predicted octanol–water partition coefficient (Wildman–Crippen LogP) is 3.71. The molecule has 1 fully saturated rings. The first-order valence-electron chi connectivity index (χ1n) is 10.9. The number of nitrogens with zero attached hydrogens (tertiary/aromatic N) is 3. The summed E-state index contributed by atoms with van der Waals surface area (Å²) in [6.07, 6.45) is 6.00. The first-order chi connectivity index (χ1) is 15.3. The molecule has 32 heavy (non-hydrogen) atoms. The number of hydrogen-bond acceptors (Lipinski definition) is 5. The Kier molecular flexibility index (Phi) is 6.08. The molecule has 0 bridgehead atoms. The standard InChI is InChI=1S/C24H29FN6O/c1-27-20-8-4-5-9-21(20)31(2,3)24-18(25)14-17(22(26)32)23(30-24)29-16-10-11-19-15(13-16)7-6-12-28-19/h6-7,10-14,20-21,27H,4-5,8-9H2,1-3H3,(H2-,26,29,30,32)/p+1. The summed E-state index contributed by atoms with van der Waals surface area (Å²) < 4.78 is 15.5. The van der Waals surface area contributed by atoms with Crippen LogP contribution in [0.5, 0.6) is 0 Å². The lowest BCUT2D eigenvalue weighted by molar-refractivity contribution is 0.1000. The summed E-state index contributed by atoms with van der Waals surface area (Å²) in [5, 5.41) is 7.51. The number of likely N-dealkylation sites (N-methyl/N-ethyl adjacent to an activating group) is 2. The second-order valence-corrected chi connectivity index (χ2v) is 8.88. The fraction of sp³-hybridized carbons (Fsp3) is 0.375. The molecule has 4 N–H and O–H groups in total. The van der Waals surface area contributed by atoms with Crippen LogP contribution < -0.4 is 20.9 Å². The van der Waals surface area contributed by atoms with Gasteiger partial charge in [0.15, 0.2) is 0 Å². The molecule has 2 unspecified atom stereocenters. The van der Waals surface area contributed by atoms with Gasteiger partial charge in [-0.3, -0.25) is 14.3 Å². The first-order valence-corrected chi connectivity index (χ1v) is 10.9. The van der Waals surface area contributed by atoms with Gasteiger partial charge in [-0.25, -0.2) is 0 Å². The van der Waals surface area contributed by atoms with Crippen molar-refractivity contribution in [1.29, 1.82) is 0 Å². The van der Waals surface area contributed by atoms with Gasteiger partial charge in [0.2, 0.25) is 5.82 Å². The Morgan fingerprint density at radius 3 is 2.72 bits per heavy atom. The molecular weight excluding hydrogens is 407 g/mol. The molecule has 1 aromatic carbocycles. The van der Waals surface area contributed by atoms with Crippen molar-refractivity contribution in [2.75, 3.05) is 26.5 Å². The van der Waals surface area contributed by atoms with Crippen molar-refractivity contribution in [3.8, 4) is 0 Å². The maximum Gasteiger partial charge on any atom is 0.265 e. The summed E-state index contributed by atoms with van der Waals surface area (Å²) in [5.74, 6) is -0.728. The largest absolute Gasteiger partial charge is 0.365 e. The second-order valence-electron chi connectivity index (χ2n) is 8.88. The lowest BCUT2D eigenvalue weighted by atomic mass is 9.88. The van der Waals surface area contributed by atoms with Gasteiger partial charge in [0, 0.05) is 23.7 Å². The lowest BCUT2D eigenvalue weighted by Crippen LogP contribution is -2.60. The number of aromatic nitrogens is 2. The summed E-state index contributed by atoms with van der Waals surface area (Å²) in [6, 6.07) is 11.1. The van der Waals surface area contributed by atoms with Crippen LogP contribution in [0, 0.1) is 5.82 Å². The van der Waals surface area contributed by atoms with Crippen LogP contribution in [-0.4, -0.2) is 49.1 Å². The number of quaternary nitrogens is 1. The molecule has 0 saturated heterocycles. The Morgan fingerprint density at radius 1 is 1.19 bits per heavy atom. The maximum atomic E-state index is 15.3. The zero-order valence-corrected chi connectivity index (χ0v) is 18.7. The van der Waals surface area contributed by atoms with Crippen LogP contribution in [0.25, 0.3) is 10.9 Å². The highest BCUT2D eigenvalue weighted by atomic mass is 19.1. The third kappa shape index (κ3) is 4.16. The van der Waals surface area contributed by atoms with E-state index in [0.717, 1.165) is 36.6 Å². The average Bonchev–Trinajstić information content (AvgIpc) is 2.79. The molecular formula is C24H30FN6O+. The van der Waals surface area contributed by atoms with Crippen LogP contribution in [-0.2, 0) is 0 Å². The molecule has 1 aliphatic rings. The van der Waals surface area contributed by atoms with Crippen molar-refractivity contribution < 1.29 is 9.18 Å². The zero-order chi connectivity index (χ0) is 22.9. The molecule has 0 radical (unpaired) electrons. The number of rotatable bonds is 6. The highest BCUT2D eigenvalue weighted by Crippen LogP contribution is 2.34. The number of benzene rings is 1. The number of nitrogens with two attached hydrogens (primary N) is 1. The number of carbonyl (C=O) groups excluding carboxylic acids is 1. The van der Waals surface area contributed by atoms with Crippen LogP contribution in [0.15, 0.2) is 42.6 Å². The van der Waals surface area contributed by atoms with Crippen molar-refractivity contribution >= 4 is 34.1 Å². The normalized spacial score (nSPS) is 19.1. The van der Waals surface area contributed by atoms with Crippen molar-refractivity contribution in [3.05, 3.63) is 54.0 Å². The zero-order valence-electron chi connectivity index (χ0n) is 18.7. The van der Waals surface area contributed by atoms with E-state index in [9.17, 15) is 4.79 Å². The number of primary amides is 1. The molecule has 3 aromatic rings. The fourth-order valence-corrected chi connectivity index (χ4v) is 4.83. The number of carbonyl (C=O) groups is 1. The van der Waals surface area contributed by atoms with E-state index in [1.807, 2.05) is 51.5 Å². The summed E-state index contributed by atoms with van der Waals surface area (Å²) in [4.78, 5) is 21.0. The SMILES string of the molecule is CNC1CCCCC1[N+](C)(C)c1nc(Nc2ccc3ncccc3c2)c(C(N)=O)cc1F. The van der Waals surface area contributed by atoms with Gasteiger partial charge in [0.25, 0.3) is 11.7 Å². The van der Waals surface area contributed by atoms with Crippen LogP contribution in [0.2, 0.25) is 0 Å². The number of halogens is 1. The molecule has 0 spiro atoms. The third-order valence-electron chi connectivity index (χ3n) is 6.56. The first kappa shape index (κ1) is 22.1. The number of nitrogens with one attached hydrogen (secondary N) is 2. The van der Waals surface area contributed by atoms with Gasteiger partial charge in [0.05, 0.1) is 31.2 Å². The van der Waals surface area contributed by atoms with Crippen LogP contribution in [0.3, 0.4) is 0 Å². The Labute approximate surface area is 187 Å². The number of pyridine rings is 2. The van der Waals surface area contributed by atoms with E-state index in [4.69, 9.17) is 5.73 Å². The fourth-order valence-electron chi connectivity index (χ4n) is 4.83. The van der Waals surface area contributed by atoms with E-state index in [2.05, 4.69) is 20.6 Å². The number of fused-ring (bicyclic) bond motifs is 1. The minimum absolute atomic E-state index is 0.0198. The summed E-state index contributed by atoms with van der Waals surface area (Å²) in [6.45, 7) is 0. The second kappa shape index (κ2) is 8.80. The Balaban J connectivity index is 1.76. The molecule has 0 aliphatic heterocycles. The number of amides is 1. The summed E-state index contributed by atoms with van der Waals surface area (Å²) in [5.41, 5.74) is 7.15. The molecule has 168 valence electrons. The van der Waals surface area contributed by atoms with Crippen molar-refractivity contribution in [2.24, 2.45) is 5.73 Å². The molecule has 2 heterocycles. The Morgan fingerprint density at radius 2 is 1.97 bits per heavy atom. The Bertz CT molecular complexity index is 1150. The average molecular weight is 438 g/mol. The Hall–Kier alpha value is -3.10. The van der Waals surface area contributed by atoms with Gasteiger partial charge in [-0.1, -0.05) is 12.5 Å². The number of hydrogen-bond donors (Lipinski definition) is 3. The molecule has 1 aliphatic carbocycles. The van der Waals surface area contributed by atoms with Crippen LogP contribution in [0.1, 0.15) is 36.0 Å². The van der Waals surface area contributed by atoms with Gasteiger partial charge in [0.1, 0.15) is 11.9 Å². The summed E-state index contributed by atoms with van der Waals surface area (Å²) >= 11 is 0. The highest BCUT2D eigenvalue weighted by Gasteiger charge is 2.41. The van der Waals surface area contributed by atoms with E-state index < -0.39 is 11.7 Å². The predicted molar refractivity (Wildman–Crippen MR) is 126 cm³/mol. The summed E-state index contributed by atoms with van der Waals surface area (Å²) in [7, 11) is 5.90. The highest BCUT2D eigenvalue weighted by molar-refractivity contribution is 5.99. The van der Waals surface area contributed by atoms with E-state index in [1.165, 1.54) is 6.07 Å². The van der Waals surface area contributed by atoms with E-state index >= 15 is 4.39 Å². The lowest BCUT2D eigenvalue weighted by Gasteiger charge is -2.43. The monoisotopic (exact) mass is 437 g/mol. The van der Waals surface area contributed by atoms with Gasteiger partial charge in [-0.15, -0.1) is 0 Å². The topological polar surface area (TPSA) is 92.9 Å². The van der Waals surface area contributed by atoms with Gasteiger partial charge in [-0.05, 0) is 50.2 Å². The van der Waals surface area contributed by atoms with Crippen molar-refractivity contribution in [1.82, 2.24) is 19.8 Å². The van der Waals surface area contributed by atoms with Crippen LogP contribution in [0.4, 0.5) is 21.7 Å². The van der Waals surface area contributed by atoms with E-state index in [1.54, 1.807) is 6.20 Å².